The van der Waals surface area contributed by atoms with E-state index in [0.29, 0.717) is 0 Å². The number of aliphatic imine (C=N–C) groups is 1. The van der Waals surface area contributed by atoms with Gasteiger partial charge in [-0.2, -0.15) is 5.10 Å². The summed E-state index contributed by atoms with van der Waals surface area (Å²) in [6.07, 6.45) is 9.26. The number of nitrogens with one attached hydrogen (secondary N) is 3. The average Bonchev–Trinajstić information content (AvgIpc) is 3.22. The number of aromatic nitrogens is 4. The number of hydrazine groups is 2. The highest BCUT2D eigenvalue weighted by Gasteiger charge is 2.33. The van der Waals surface area contributed by atoms with Crippen molar-refractivity contribution >= 4 is 5.84 Å². The van der Waals surface area contributed by atoms with Gasteiger partial charge in [0.15, 0.2) is 11.7 Å². The smallest absolute Gasteiger partial charge is 0.184 e. The van der Waals surface area contributed by atoms with Crippen LogP contribution in [0.1, 0.15) is 17.6 Å². The number of nitrogens with zero attached hydrogens (tertiary/aromatic N) is 5. The van der Waals surface area contributed by atoms with Crippen molar-refractivity contribution in [3.63, 3.8) is 0 Å². The molecule has 0 amide bonds. The van der Waals surface area contributed by atoms with Gasteiger partial charge in [0.25, 0.3) is 0 Å². The van der Waals surface area contributed by atoms with Crippen LogP contribution in [0.5, 0.6) is 0 Å². The third-order valence-corrected chi connectivity index (χ3v) is 3.37. The molecule has 0 saturated heterocycles. The summed E-state index contributed by atoms with van der Waals surface area (Å²) in [5.41, 5.74) is 4.19. The van der Waals surface area contributed by atoms with E-state index in [1.165, 1.54) is 0 Å². The van der Waals surface area contributed by atoms with Crippen LogP contribution in [0.3, 0.4) is 0 Å². The van der Waals surface area contributed by atoms with Gasteiger partial charge in [-0.05, 0) is 12.1 Å². The van der Waals surface area contributed by atoms with E-state index < -0.39 is 0 Å². The van der Waals surface area contributed by atoms with Crippen LogP contribution in [0.4, 0.5) is 0 Å². The Kier molecular flexibility index (Phi) is 2.52. The zero-order chi connectivity index (χ0) is 13.4. The Bertz CT molecular complexity index is 618. The van der Waals surface area contributed by atoms with E-state index in [0.717, 1.165) is 30.4 Å². The van der Waals surface area contributed by atoms with Crippen molar-refractivity contribution < 1.29 is 0 Å². The van der Waals surface area contributed by atoms with Gasteiger partial charge in [0.2, 0.25) is 0 Å². The Hall–Kier alpha value is -2.61. The Labute approximate surface area is 115 Å². The maximum atomic E-state index is 4.77. The Morgan fingerprint density at radius 1 is 1.30 bits per heavy atom. The summed E-state index contributed by atoms with van der Waals surface area (Å²) in [5, 5.41) is 11.1. The SMILES string of the molecule is C1=CNN(N2CC(c3ccn[nH]3)N=C2c2ncc[nH]2)C1. The lowest BCUT2D eigenvalue weighted by atomic mass is 10.2. The number of aromatic amines is 2. The van der Waals surface area contributed by atoms with Crippen molar-refractivity contribution in [3.8, 4) is 0 Å². The molecule has 2 aliphatic heterocycles. The molecule has 0 bridgehead atoms. The second-order valence-corrected chi connectivity index (χ2v) is 4.61. The van der Waals surface area contributed by atoms with Crippen LogP contribution in [0.25, 0.3) is 0 Å². The number of imidazole rings is 1. The molecular formula is C12H14N8. The normalized spacial score (nSPS) is 22.3. The van der Waals surface area contributed by atoms with Crippen molar-refractivity contribution in [2.24, 2.45) is 4.99 Å². The quantitative estimate of drug-likeness (QED) is 0.740. The van der Waals surface area contributed by atoms with Crippen molar-refractivity contribution in [3.05, 3.63) is 48.5 Å². The molecule has 0 fully saturated rings. The predicted octanol–water partition coefficient (Wildman–Crippen LogP) is 0.185. The number of amidine groups is 1. The molecule has 8 nitrogen and oxygen atoms in total. The van der Waals surface area contributed by atoms with E-state index in [1.807, 2.05) is 17.4 Å². The fourth-order valence-corrected chi connectivity index (χ4v) is 2.42. The van der Waals surface area contributed by atoms with Gasteiger partial charge in [-0.25, -0.2) is 4.98 Å². The van der Waals surface area contributed by atoms with E-state index >= 15 is 0 Å². The molecule has 1 unspecified atom stereocenters. The third kappa shape index (κ3) is 1.77. The molecule has 2 aromatic rings. The van der Waals surface area contributed by atoms with Crippen LogP contribution in [0.15, 0.2) is 41.9 Å². The minimum Gasteiger partial charge on any atom is -0.342 e. The maximum Gasteiger partial charge on any atom is 0.184 e. The van der Waals surface area contributed by atoms with Gasteiger partial charge in [-0.3, -0.25) is 15.1 Å². The summed E-state index contributed by atoms with van der Waals surface area (Å²) >= 11 is 0. The fourth-order valence-electron chi connectivity index (χ4n) is 2.42. The van der Waals surface area contributed by atoms with Crippen molar-refractivity contribution in [1.29, 1.82) is 0 Å². The summed E-state index contributed by atoms with van der Waals surface area (Å²) in [7, 11) is 0. The number of hydrogen-bond acceptors (Lipinski definition) is 6. The molecular weight excluding hydrogens is 256 g/mol. The third-order valence-electron chi connectivity index (χ3n) is 3.37. The van der Waals surface area contributed by atoms with Crippen LogP contribution in [0.2, 0.25) is 0 Å². The van der Waals surface area contributed by atoms with E-state index in [4.69, 9.17) is 4.99 Å². The summed E-state index contributed by atoms with van der Waals surface area (Å²) in [4.78, 5) is 12.2. The van der Waals surface area contributed by atoms with Crippen molar-refractivity contribution in [1.82, 2.24) is 35.7 Å². The van der Waals surface area contributed by atoms with Crippen LogP contribution >= 0.6 is 0 Å². The molecule has 2 aliphatic rings. The van der Waals surface area contributed by atoms with Crippen LogP contribution < -0.4 is 5.43 Å². The van der Waals surface area contributed by atoms with Gasteiger partial charge in [-0.1, -0.05) is 0 Å². The zero-order valence-corrected chi connectivity index (χ0v) is 10.7. The van der Waals surface area contributed by atoms with E-state index in [9.17, 15) is 0 Å². The largest absolute Gasteiger partial charge is 0.342 e. The molecule has 4 heterocycles. The first kappa shape index (κ1) is 11.2. The molecule has 8 heteroatoms. The summed E-state index contributed by atoms with van der Waals surface area (Å²) in [6, 6.07) is 1.98. The maximum absolute atomic E-state index is 4.77. The molecule has 0 spiro atoms. The highest BCUT2D eigenvalue weighted by molar-refractivity contribution is 5.96. The Balaban J connectivity index is 1.67. The number of hydrogen-bond donors (Lipinski definition) is 3. The molecule has 102 valence electrons. The molecule has 20 heavy (non-hydrogen) atoms. The molecule has 0 aliphatic carbocycles. The van der Waals surface area contributed by atoms with Crippen LogP contribution in [0, 0.1) is 0 Å². The second-order valence-electron chi connectivity index (χ2n) is 4.61. The highest BCUT2D eigenvalue weighted by Crippen LogP contribution is 2.26. The minimum absolute atomic E-state index is 0.0278. The summed E-state index contributed by atoms with van der Waals surface area (Å²) in [6.45, 7) is 1.54. The molecule has 0 aromatic carbocycles. The van der Waals surface area contributed by atoms with E-state index in [-0.39, 0.29) is 6.04 Å². The van der Waals surface area contributed by atoms with Crippen molar-refractivity contribution in [2.75, 3.05) is 13.1 Å². The standard InChI is InChI=1S/C12H14N8/c1-3-16-20(7-1)19-8-10(9-2-4-15-18-9)17-12(19)11-13-5-6-14-11/h1-6,10,16H,7-8H2,(H,13,14)(H,15,18). The van der Waals surface area contributed by atoms with Gasteiger partial charge in [0.05, 0.1) is 18.8 Å². The van der Waals surface area contributed by atoms with Gasteiger partial charge in [-0.15, -0.1) is 5.12 Å². The molecule has 0 saturated carbocycles. The highest BCUT2D eigenvalue weighted by atomic mass is 15.8. The molecule has 4 rings (SSSR count). The lowest BCUT2D eigenvalue weighted by molar-refractivity contribution is 0.0357. The summed E-state index contributed by atoms with van der Waals surface area (Å²) in [5.74, 6) is 1.59. The summed E-state index contributed by atoms with van der Waals surface area (Å²) < 4.78 is 0. The van der Waals surface area contributed by atoms with Gasteiger partial charge >= 0.3 is 0 Å². The number of rotatable bonds is 3. The van der Waals surface area contributed by atoms with E-state index in [2.05, 4.69) is 36.7 Å². The molecule has 0 radical (unpaired) electrons. The van der Waals surface area contributed by atoms with Gasteiger partial charge in [0.1, 0.15) is 6.04 Å². The first-order valence-corrected chi connectivity index (χ1v) is 6.45. The average molecular weight is 270 g/mol. The lowest BCUT2D eigenvalue weighted by Gasteiger charge is -2.29. The first-order valence-electron chi connectivity index (χ1n) is 6.45. The first-order chi connectivity index (χ1) is 9.92. The monoisotopic (exact) mass is 270 g/mol. The van der Waals surface area contributed by atoms with E-state index in [1.54, 1.807) is 18.6 Å². The van der Waals surface area contributed by atoms with Crippen molar-refractivity contribution in [2.45, 2.75) is 6.04 Å². The number of H-pyrrole nitrogens is 2. The molecule has 1 atom stereocenters. The molecule has 2 aromatic heterocycles. The minimum atomic E-state index is 0.0278. The lowest BCUT2D eigenvalue weighted by Crippen LogP contribution is -2.49. The van der Waals surface area contributed by atoms with Gasteiger partial charge in [0, 0.05) is 24.8 Å². The molecule has 3 N–H and O–H groups in total. The fraction of sp³-hybridized carbons (Fsp3) is 0.250. The van der Waals surface area contributed by atoms with Gasteiger partial charge < -0.3 is 10.4 Å². The topological polar surface area (TPSA) is 88.2 Å². The van der Waals surface area contributed by atoms with Crippen LogP contribution in [-0.2, 0) is 0 Å². The Morgan fingerprint density at radius 2 is 2.30 bits per heavy atom. The Morgan fingerprint density at radius 3 is 3.00 bits per heavy atom. The second kappa shape index (κ2) is 4.49. The van der Waals surface area contributed by atoms with Crippen LogP contribution in [-0.4, -0.2) is 49.2 Å². The predicted molar refractivity (Wildman–Crippen MR) is 72.1 cm³/mol. The zero-order valence-electron chi connectivity index (χ0n) is 10.7.